The van der Waals surface area contributed by atoms with E-state index in [0.29, 0.717) is 12.4 Å². The second kappa shape index (κ2) is 5.33. The van der Waals surface area contributed by atoms with Gasteiger partial charge in [-0.3, -0.25) is 4.79 Å². The number of carbonyl (C=O) groups is 1. The van der Waals surface area contributed by atoms with E-state index in [-0.39, 0.29) is 0 Å². The zero-order chi connectivity index (χ0) is 13.1. The molecule has 0 aliphatic rings. The minimum absolute atomic E-state index is 0.420. The predicted octanol–water partition coefficient (Wildman–Crippen LogP) is 1.20. The van der Waals surface area contributed by atoms with Crippen molar-refractivity contribution >= 4 is 5.97 Å². The summed E-state index contributed by atoms with van der Waals surface area (Å²) in [6, 6.07) is 1.03. The van der Waals surface area contributed by atoms with E-state index in [9.17, 15) is 4.79 Å². The molecular formula is C12H19NO4. The SMILES string of the molecule is COCc1ccoc1C(C)(C)C(N)C(=O)OC. The maximum atomic E-state index is 11.5. The van der Waals surface area contributed by atoms with Crippen LogP contribution in [-0.2, 0) is 26.3 Å². The highest BCUT2D eigenvalue weighted by atomic mass is 16.5. The molecule has 0 spiro atoms. The molecule has 0 bridgehead atoms. The van der Waals surface area contributed by atoms with E-state index in [2.05, 4.69) is 4.74 Å². The minimum Gasteiger partial charge on any atom is -0.468 e. The van der Waals surface area contributed by atoms with Crippen LogP contribution in [0.25, 0.3) is 0 Å². The van der Waals surface area contributed by atoms with Crippen molar-refractivity contribution in [2.75, 3.05) is 14.2 Å². The van der Waals surface area contributed by atoms with Crippen LogP contribution in [0, 0.1) is 0 Å². The van der Waals surface area contributed by atoms with Gasteiger partial charge in [0, 0.05) is 18.1 Å². The summed E-state index contributed by atoms with van der Waals surface area (Å²) in [6.07, 6.45) is 1.56. The van der Waals surface area contributed by atoms with Gasteiger partial charge in [-0.2, -0.15) is 0 Å². The Morgan fingerprint density at radius 2 is 2.18 bits per heavy atom. The molecule has 1 heterocycles. The summed E-state index contributed by atoms with van der Waals surface area (Å²) in [5.41, 5.74) is 6.12. The fourth-order valence-corrected chi connectivity index (χ4v) is 1.73. The zero-order valence-electron chi connectivity index (χ0n) is 10.6. The molecule has 2 N–H and O–H groups in total. The number of furan rings is 1. The van der Waals surface area contributed by atoms with Gasteiger partial charge < -0.3 is 19.6 Å². The molecule has 1 rings (SSSR count). The van der Waals surface area contributed by atoms with E-state index in [0.717, 1.165) is 5.56 Å². The molecule has 0 saturated carbocycles. The first kappa shape index (κ1) is 13.7. The Labute approximate surface area is 101 Å². The number of rotatable bonds is 5. The normalized spacial score (nSPS) is 13.5. The van der Waals surface area contributed by atoms with Crippen molar-refractivity contribution in [1.82, 2.24) is 0 Å². The first-order valence-corrected chi connectivity index (χ1v) is 5.34. The summed E-state index contributed by atoms with van der Waals surface area (Å²) in [4.78, 5) is 11.5. The van der Waals surface area contributed by atoms with Gasteiger partial charge in [-0.1, -0.05) is 13.8 Å². The molecule has 1 aromatic rings. The maximum absolute atomic E-state index is 11.5. The molecule has 1 atom stereocenters. The van der Waals surface area contributed by atoms with Crippen LogP contribution in [0.5, 0.6) is 0 Å². The van der Waals surface area contributed by atoms with Gasteiger partial charge in [0.1, 0.15) is 11.8 Å². The van der Waals surface area contributed by atoms with Gasteiger partial charge in [0.05, 0.1) is 20.0 Å². The fourth-order valence-electron chi connectivity index (χ4n) is 1.73. The topological polar surface area (TPSA) is 74.7 Å². The van der Waals surface area contributed by atoms with Gasteiger partial charge in [0.2, 0.25) is 0 Å². The number of hydrogen-bond donors (Lipinski definition) is 1. The molecule has 0 aliphatic carbocycles. The van der Waals surface area contributed by atoms with Crippen LogP contribution in [0.1, 0.15) is 25.2 Å². The summed E-state index contributed by atoms with van der Waals surface area (Å²) in [5, 5.41) is 0. The van der Waals surface area contributed by atoms with Crippen molar-refractivity contribution in [2.24, 2.45) is 5.73 Å². The Hall–Kier alpha value is -1.33. The molecule has 1 aromatic heterocycles. The summed E-state index contributed by atoms with van der Waals surface area (Å²) >= 11 is 0. The first-order chi connectivity index (χ1) is 7.95. The lowest BCUT2D eigenvalue weighted by Crippen LogP contribution is -2.47. The Morgan fingerprint density at radius 1 is 1.53 bits per heavy atom. The standard InChI is InChI=1S/C12H19NO4/c1-12(2,9(13)11(14)16-4)10-8(7-15-3)5-6-17-10/h5-6,9H,7,13H2,1-4H3. The molecule has 0 fully saturated rings. The Kier molecular flexibility index (Phi) is 4.31. The monoisotopic (exact) mass is 241 g/mol. The van der Waals surface area contributed by atoms with E-state index in [1.165, 1.54) is 7.11 Å². The summed E-state index contributed by atoms with van der Waals surface area (Å²) in [7, 11) is 2.92. The average molecular weight is 241 g/mol. The Bertz CT molecular complexity index is 384. The van der Waals surface area contributed by atoms with Gasteiger partial charge >= 0.3 is 5.97 Å². The second-order valence-electron chi connectivity index (χ2n) is 4.43. The lowest BCUT2D eigenvalue weighted by atomic mass is 9.81. The molecule has 96 valence electrons. The van der Waals surface area contributed by atoms with Crippen molar-refractivity contribution < 1.29 is 18.7 Å². The molecule has 17 heavy (non-hydrogen) atoms. The van der Waals surface area contributed by atoms with E-state index in [1.807, 2.05) is 19.9 Å². The Morgan fingerprint density at radius 3 is 2.71 bits per heavy atom. The first-order valence-electron chi connectivity index (χ1n) is 5.34. The van der Waals surface area contributed by atoms with Crippen LogP contribution in [-0.4, -0.2) is 26.2 Å². The van der Waals surface area contributed by atoms with Crippen molar-refractivity contribution in [1.29, 1.82) is 0 Å². The van der Waals surface area contributed by atoms with E-state index < -0.39 is 17.4 Å². The molecule has 5 nitrogen and oxygen atoms in total. The highest BCUT2D eigenvalue weighted by molar-refractivity contribution is 5.77. The highest BCUT2D eigenvalue weighted by Crippen LogP contribution is 2.30. The number of methoxy groups -OCH3 is 2. The van der Waals surface area contributed by atoms with Crippen molar-refractivity contribution in [2.45, 2.75) is 31.9 Å². The van der Waals surface area contributed by atoms with Gasteiger partial charge in [0.15, 0.2) is 0 Å². The maximum Gasteiger partial charge on any atom is 0.323 e. The predicted molar refractivity (Wildman–Crippen MR) is 62.4 cm³/mol. The molecule has 0 aliphatic heterocycles. The molecule has 0 saturated heterocycles. The van der Waals surface area contributed by atoms with Crippen LogP contribution in [0.15, 0.2) is 16.7 Å². The van der Waals surface area contributed by atoms with E-state index >= 15 is 0 Å². The third kappa shape index (κ3) is 2.68. The molecule has 0 amide bonds. The largest absolute Gasteiger partial charge is 0.468 e. The van der Waals surface area contributed by atoms with Gasteiger partial charge in [-0.15, -0.1) is 0 Å². The number of esters is 1. The number of nitrogens with two attached hydrogens (primary N) is 1. The third-order valence-electron chi connectivity index (χ3n) is 2.86. The fraction of sp³-hybridized carbons (Fsp3) is 0.583. The highest BCUT2D eigenvalue weighted by Gasteiger charge is 2.38. The summed E-state index contributed by atoms with van der Waals surface area (Å²) in [6.45, 7) is 4.10. The molecule has 0 radical (unpaired) electrons. The summed E-state index contributed by atoms with van der Waals surface area (Å²) < 4.78 is 15.2. The van der Waals surface area contributed by atoms with Crippen molar-refractivity contribution in [3.8, 4) is 0 Å². The van der Waals surface area contributed by atoms with Crippen LogP contribution in [0.3, 0.4) is 0 Å². The van der Waals surface area contributed by atoms with Gasteiger partial charge in [-0.05, 0) is 6.07 Å². The van der Waals surface area contributed by atoms with Gasteiger partial charge in [0.25, 0.3) is 0 Å². The quantitative estimate of drug-likeness (QED) is 0.784. The Balaban J connectivity index is 3.03. The van der Waals surface area contributed by atoms with Crippen LogP contribution < -0.4 is 5.73 Å². The van der Waals surface area contributed by atoms with Crippen LogP contribution in [0.2, 0.25) is 0 Å². The van der Waals surface area contributed by atoms with E-state index in [1.54, 1.807) is 13.4 Å². The smallest absolute Gasteiger partial charge is 0.323 e. The average Bonchev–Trinajstić information content (AvgIpc) is 2.76. The molecular weight excluding hydrogens is 222 g/mol. The summed E-state index contributed by atoms with van der Waals surface area (Å²) in [5.74, 6) is 0.187. The van der Waals surface area contributed by atoms with Gasteiger partial charge in [-0.25, -0.2) is 0 Å². The van der Waals surface area contributed by atoms with Crippen molar-refractivity contribution in [3.05, 3.63) is 23.7 Å². The number of ether oxygens (including phenoxy) is 2. The molecule has 0 aromatic carbocycles. The zero-order valence-corrected chi connectivity index (χ0v) is 10.6. The van der Waals surface area contributed by atoms with Crippen LogP contribution in [0.4, 0.5) is 0 Å². The lowest BCUT2D eigenvalue weighted by molar-refractivity contribution is -0.143. The molecule has 1 unspecified atom stereocenters. The minimum atomic E-state index is -0.783. The van der Waals surface area contributed by atoms with Crippen molar-refractivity contribution in [3.63, 3.8) is 0 Å². The lowest BCUT2D eigenvalue weighted by Gasteiger charge is -2.28. The van der Waals surface area contributed by atoms with E-state index in [4.69, 9.17) is 14.9 Å². The number of carbonyl (C=O) groups excluding carboxylic acids is 1. The van der Waals surface area contributed by atoms with Crippen LogP contribution >= 0.6 is 0 Å². The third-order valence-corrected chi connectivity index (χ3v) is 2.86. The molecule has 5 heteroatoms. The second-order valence-corrected chi connectivity index (χ2v) is 4.43. The number of hydrogen-bond acceptors (Lipinski definition) is 5.